The first-order valence-corrected chi connectivity index (χ1v) is 11.1. The van der Waals surface area contributed by atoms with Gasteiger partial charge in [-0.25, -0.2) is 14.5 Å². The first kappa shape index (κ1) is 20.7. The summed E-state index contributed by atoms with van der Waals surface area (Å²) in [5, 5.41) is 2.35. The predicted molar refractivity (Wildman–Crippen MR) is 128 cm³/mol. The van der Waals surface area contributed by atoms with E-state index in [1.54, 1.807) is 12.1 Å². The van der Waals surface area contributed by atoms with Crippen LogP contribution in [-0.4, -0.2) is 21.6 Å². The highest BCUT2D eigenvalue weighted by atomic mass is 35.5. The Morgan fingerprint density at radius 2 is 1.97 bits per heavy atom. The molecule has 3 aromatic heterocycles. The van der Waals surface area contributed by atoms with Gasteiger partial charge in [0.1, 0.15) is 5.03 Å². The van der Waals surface area contributed by atoms with Crippen molar-refractivity contribution in [1.29, 1.82) is 0 Å². The summed E-state index contributed by atoms with van der Waals surface area (Å²) in [6, 6.07) is 18.5. The molecule has 0 saturated carbocycles. The molecule has 9 heteroatoms. The molecule has 6 nitrogen and oxygen atoms in total. The van der Waals surface area contributed by atoms with Gasteiger partial charge in [0.15, 0.2) is 11.3 Å². The summed E-state index contributed by atoms with van der Waals surface area (Å²) < 4.78 is 12.3. The smallest absolute Gasteiger partial charge is 0.288 e. The fraction of sp³-hybridized carbons (Fsp3) is 0.0435. The Balaban J connectivity index is 1.59. The van der Waals surface area contributed by atoms with Gasteiger partial charge >= 0.3 is 0 Å². The topological polar surface area (TPSA) is 70.2 Å². The van der Waals surface area contributed by atoms with Crippen molar-refractivity contribution in [2.45, 2.75) is 9.92 Å². The quantitative estimate of drug-likeness (QED) is 0.290. The zero-order chi connectivity index (χ0) is 22.2. The lowest BCUT2D eigenvalue weighted by Crippen LogP contribution is -2.20. The minimum atomic E-state index is -0.381. The molecule has 2 aromatic carbocycles. The van der Waals surface area contributed by atoms with Crippen molar-refractivity contribution in [2.75, 3.05) is 7.11 Å². The highest BCUT2D eigenvalue weighted by Crippen LogP contribution is 2.33. The summed E-state index contributed by atoms with van der Waals surface area (Å²) in [5.74, 6) is 0.400. The summed E-state index contributed by atoms with van der Waals surface area (Å²) >= 11 is 13.1. The van der Waals surface area contributed by atoms with E-state index in [1.165, 1.54) is 29.6 Å². The molecule has 0 saturated heterocycles. The van der Waals surface area contributed by atoms with Crippen molar-refractivity contribution in [2.24, 2.45) is 0 Å². The number of hydrogen-bond acceptors (Lipinski definition) is 7. The second-order valence-corrected chi connectivity index (χ2v) is 8.58. The zero-order valence-corrected chi connectivity index (χ0v) is 19.0. The van der Waals surface area contributed by atoms with Crippen LogP contribution in [0.15, 0.2) is 86.0 Å². The molecule has 0 amide bonds. The first-order valence-electron chi connectivity index (χ1n) is 9.47. The van der Waals surface area contributed by atoms with Crippen LogP contribution in [0.3, 0.4) is 0 Å². The summed E-state index contributed by atoms with van der Waals surface area (Å²) in [5.41, 5.74) is 1.33. The van der Waals surface area contributed by atoms with Crippen LogP contribution in [-0.2, 0) is 0 Å². The summed E-state index contributed by atoms with van der Waals surface area (Å²) in [7, 11) is 1.49. The maximum absolute atomic E-state index is 13.1. The number of ether oxygens (including phenoxy) is 1. The second kappa shape index (κ2) is 8.38. The van der Waals surface area contributed by atoms with Crippen LogP contribution in [0.1, 0.15) is 0 Å². The number of nitrogens with zero attached hydrogens (tertiary/aromatic N) is 3. The normalized spacial score (nSPS) is 11.2. The molecule has 0 N–H and O–H groups in total. The van der Waals surface area contributed by atoms with Gasteiger partial charge in [-0.05, 0) is 48.6 Å². The number of pyridine rings is 2. The summed E-state index contributed by atoms with van der Waals surface area (Å²) in [6.45, 7) is 0. The molecule has 0 aliphatic carbocycles. The second-order valence-electron chi connectivity index (χ2n) is 6.76. The molecule has 0 spiro atoms. The van der Waals surface area contributed by atoms with E-state index in [0.717, 1.165) is 20.8 Å². The average Bonchev–Trinajstić information content (AvgIpc) is 2.80. The van der Waals surface area contributed by atoms with Gasteiger partial charge in [-0.1, -0.05) is 41.6 Å². The van der Waals surface area contributed by atoms with Crippen LogP contribution in [0.5, 0.6) is 5.75 Å². The van der Waals surface area contributed by atoms with Gasteiger partial charge in [-0.2, -0.15) is 0 Å². The summed E-state index contributed by atoms with van der Waals surface area (Å²) in [6.07, 6.45) is 1.49. The molecular weight excluding hydrogens is 466 g/mol. The number of aromatic nitrogens is 3. The molecule has 0 fully saturated rings. The standard InChI is InChI=1S/C23H14ClN3O3S2/c1-29-17-10-11-25-20-21(17)30-23(31)27(22(20)28)14-7-8-16-13(12-14)6-9-19(26-16)32-18-5-3-2-4-15(18)24/h2-12H,1H3. The molecule has 0 aliphatic heterocycles. The lowest BCUT2D eigenvalue weighted by atomic mass is 10.2. The Labute approximate surface area is 196 Å². The monoisotopic (exact) mass is 479 g/mol. The summed E-state index contributed by atoms with van der Waals surface area (Å²) in [4.78, 5) is 22.9. The Hall–Kier alpha value is -3.20. The number of fused-ring (bicyclic) bond motifs is 2. The molecule has 0 radical (unpaired) electrons. The van der Waals surface area contributed by atoms with E-state index >= 15 is 0 Å². The van der Waals surface area contributed by atoms with E-state index < -0.39 is 0 Å². The van der Waals surface area contributed by atoms with Crippen molar-refractivity contribution < 1.29 is 9.15 Å². The third-order valence-corrected chi connectivity index (χ3v) is 6.54. The molecule has 0 bridgehead atoms. The average molecular weight is 480 g/mol. The molecular formula is C23H14ClN3O3S2. The fourth-order valence-electron chi connectivity index (χ4n) is 3.32. The van der Waals surface area contributed by atoms with Crippen LogP contribution in [0.2, 0.25) is 5.02 Å². The van der Waals surface area contributed by atoms with Gasteiger partial charge in [0.2, 0.25) is 5.58 Å². The Morgan fingerprint density at radius 3 is 2.78 bits per heavy atom. The highest BCUT2D eigenvalue weighted by Gasteiger charge is 2.15. The van der Waals surface area contributed by atoms with Gasteiger partial charge in [0, 0.05) is 22.5 Å². The molecule has 158 valence electrons. The Kier molecular flexibility index (Phi) is 5.42. The maximum atomic E-state index is 13.1. The molecule has 0 aliphatic rings. The van der Waals surface area contributed by atoms with Gasteiger partial charge in [0.05, 0.1) is 23.3 Å². The van der Waals surface area contributed by atoms with E-state index in [-0.39, 0.29) is 21.5 Å². The lowest BCUT2D eigenvalue weighted by Gasteiger charge is -2.10. The molecule has 32 heavy (non-hydrogen) atoms. The van der Waals surface area contributed by atoms with Gasteiger partial charge in [-0.15, -0.1) is 0 Å². The van der Waals surface area contributed by atoms with Crippen LogP contribution in [0.4, 0.5) is 0 Å². The number of methoxy groups -OCH3 is 1. The molecule has 5 aromatic rings. The Bertz CT molecular complexity index is 1610. The Morgan fingerprint density at radius 1 is 1.12 bits per heavy atom. The first-order chi connectivity index (χ1) is 15.5. The minimum absolute atomic E-state index is 0.00649. The number of rotatable bonds is 4. The third-order valence-electron chi connectivity index (χ3n) is 4.82. The minimum Gasteiger partial charge on any atom is -0.493 e. The lowest BCUT2D eigenvalue weighted by molar-refractivity contribution is 0.404. The highest BCUT2D eigenvalue weighted by molar-refractivity contribution is 7.99. The zero-order valence-electron chi connectivity index (χ0n) is 16.6. The van der Waals surface area contributed by atoms with Crippen molar-refractivity contribution in [3.8, 4) is 11.4 Å². The van der Waals surface area contributed by atoms with Crippen molar-refractivity contribution in [3.63, 3.8) is 0 Å². The van der Waals surface area contributed by atoms with E-state index in [4.69, 9.17) is 38.0 Å². The predicted octanol–water partition coefficient (Wildman–Crippen LogP) is 6.07. The maximum Gasteiger partial charge on any atom is 0.288 e. The van der Waals surface area contributed by atoms with Crippen LogP contribution in [0, 0.1) is 4.84 Å². The van der Waals surface area contributed by atoms with Crippen molar-refractivity contribution >= 4 is 57.6 Å². The van der Waals surface area contributed by atoms with E-state index in [9.17, 15) is 4.79 Å². The number of hydrogen-bond donors (Lipinski definition) is 0. The van der Waals surface area contributed by atoms with Crippen molar-refractivity contribution in [1.82, 2.24) is 14.5 Å². The van der Waals surface area contributed by atoms with E-state index in [1.807, 2.05) is 48.5 Å². The van der Waals surface area contributed by atoms with Gasteiger partial charge in [-0.3, -0.25) is 4.79 Å². The van der Waals surface area contributed by atoms with Crippen LogP contribution in [0.25, 0.3) is 27.7 Å². The van der Waals surface area contributed by atoms with Gasteiger partial charge in [0.25, 0.3) is 10.4 Å². The SMILES string of the molecule is COc1ccnc2c(=O)n(-c3ccc4nc(Sc5ccccc5Cl)ccc4c3)c(=S)oc12. The molecule has 0 unspecified atom stereocenters. The van der Waals surface area contributed by atoms with E-state index in [0.29, 0.717) is 16.5 Å². The van der Waals surface area contributed by atoms with Gasteiger partial charge < -0.3 is 9.15 Å². The molecule has 5 rings (SSSR count). The third kappa shape index (κ3) is 3.66. The largest absolute Gasteiger partial charge is 0.493 e. The van der Waals surface area contributed by atoms with Crippen LogP contribution < -0.4 is 10.3 Å². The van der Waals surface area contributed by atoms with E-state index in [2.05, 4.69) is 4.98 Å². The van der Waals surface area contributed by atoms with Crippen molar-refractivity contribution in [3.05, 3.63) is 87.1 Å². The number of halogens is 1. The molecule has 0 atom stereocenters. The number of benzene rings is 2. The fourth-order valence-corrected chi connectivity index (χ4v) is 4.66. The molecule has 3 heterocycles. The van der Waals surface area contributed by atoms with Crippen LogP contribution >= 0.6 is 35.6 Å².